The van der Waals surface area contributed by atoms with Crippen molar-refractivity contribution in [3.05, 3.63) is 50.2 Å². The number of nitrogens with zero attached hydrogens (tertiary/aromatic N) is 5. The minimum Gasteiger partial charge on any atom is -0.390 e. The van der Waals surface area contributed by atoms with Gasteiger partial charge in [0.1, 0.15) is 6.54 Å². The summed E-state index contributed by atoms with van der Waals surface area (Å²) < 4.78 is 1.03. The van der Waals surface area contributed by atoms with Gasteiger partial charge in [-0.25, -0.2) is 5.43 Å². The number of carbonyl (C=O) groups excluding carboxylic acids is 1. The van der Waals surface area contributed by atoms with Crippen LogP contribution >= 0.6 is 23.2 Å². The molecule has 0 spiro atoms. The van der Waals surface area contributed by atoms with Gasteiger partial charge in [-0.05, 0) is 17.1 Å². The van der Waals surface area contributed by atoms with Gasteiger partial charge in [-0.3, -0.25) is 4.79 Å². The first-order chi connectivity index (χ1) is 10.5. The van der Waals surface area contributed by atoms with Crippen LogP contribution in [0.25, 0.3) is 0 Å². The van der Waals surface area contributed by atoms with E-state index in [2.05, 4.69) is 20.6 Å². The van der Waals surface area contributed by atoms with Gasteiger partial charge in [-0.15, -0.1) is 0 Å². The highest BCUT2D eigenvalue weighted by atomic mass is 35.5. The summed E-state index contributed by atoms with van der Waals surface area (Å²) in [5.74, 6) is -1.11. The van der Waals surface area contributed by atoms with E-state index in [4.69, 9.17) is 23.2 Å². The third-order valence-corrected chi connectivity index (χ3v) is 2.91. The number of nitrogens with one attached hydrogen (secondary N) is 1. The monoisotopic (exact) mass is 342 g/mol. The normalized spacial score (nSPS) is 10.8. The summed E-state index contributed by atoms with van der Waals surface area (Å²) in [5, 5.41) is 18.5. The zero-order valence-electron chi connectivity index (χ0n) is 10.8. The molecule has 0 saturated heterocycles. The largest absolute Gasteiger partial charge is 0.490 e. The highest BCUT2D eigenvalue weighted by molar-refractivity contribution is 6.36. The molecule has 0 atom stereocenters. The minimum absolute atomic E-state index is 0.257. The maximum atomic E-state index is 11.6. The average molecular weight is 343 g/mol. The van der Waals surface area contributed by atoms with E-state index in [1.54, 1.807) is 18.2 Å². The number of aromatic nitrogens is 3. The number of rotatable bonds is 5. The second kappa shape index (κ2) is 6.96. The Labute approximate surface area is 133 Å². The maximum Gasteiger partial charge on any atom is 0.490 e. The third-order valence-electron chi connectivity index (χ3n) is 2.35. The van der Waals surface area contributed by atoms with Crippen LogP contribution < -0.4 is 5.43 Å². The molecule has 2 aromatic rings. The summed E-state index contributed by atoms with van der Waals surface area (Å²) in [4.78, 5) is 24.7. The average Bonchev–Trinajstić information content (AvgIpc) is 2.90. The summed E-state index contributed by atoms with van der Waals surface area (Å²) in [7, 11) is 0. The summed E-state index contributed by atoms with van der Waals surface area (Å²) in [6.45, 7) is -0.257. The van der Waals surface area contributed by atoms with E-state index in [1.807, 2.05) is 0 Å². The number of amides is 1. The molecule has 2 rings (SSSR count). The van der Waals surface area contributed by atoms with Gasteiger partial charge in [0, 0.05) is 15.7 Å². The number of nitro groups is 1. The molecule has 0 unspecified atom stereocenters. The van der Waals surface area contributed by atoms with Crippen molar-refractivity contribution in [2.75, 3.05) is 0 Å². The zero-order chi connectivity index (χ0) is 16.1. The Morgan fingerprint density at radius 1 is 1.50 bits per heavy atom. The van der Waals surface area contributed by atoms with E-state index in [0.717, 1.165) is 11.0 Å². The number of hydrogen-bond donors (Lipinski definition) is 1. The summed E-state index contributed by atoms with van der Waals surface area (Å²) >= 11 is 11.7. The Bertz CT molecular complexity index is 745. The van der Waals surface area contributed by atoms with Gasteiger partial charge >= 0.3 is 5.95 Å². The lowest BCUT2D eigenvalue weighted by Gasteiger charge is -1.99. The third kappa shape index (κ3) is 4.24. The highest BCUT2D eigenvalue weighted by Gasteiger charge is 2.14. The first-order valence-electron chi connectivity index (χ1n) is 5.76. The van der Waals surface area contributed by atoms with E-state index in [-0.39, 0.29) is 6.54 Å². The van der Waals surface area contributed by atoms with Crippen LogP contribution in [0.3, 0.4) is 0 Å². The molecule has 0 aliphatic heterocycles. The number of benzene rings is 1. The molecule has 0 bridgehead atoms. The van der Waals surface area contributed by atoms with Crippen LogP contribution in [0.2, 0.25) is 10.0 Å². The van der Waals surface area contributed by atoms with Gasteiger partial charge in [0.05, 0.1) is 11.2 Å². The van der Waals surface area contributed by atoms with E-state index in [9.17, 15) is 14.9 Å². The fourth-order valence-electron chi connectivity index (χ4n) is 1.41. The van der Waals surface area contributed by atoms with Crippen molar-refractivity contribution >= 4 is 41.3 Å². The van der Waals surface area contributed by atoms with Crippen molar-refractivity contribution in [2.45, 2.75) is 6.54 Å². The van der Waals surface area contributed by atoms with Gasteiger partial charge in [0.15, 0.2) is 0 Å². The molecule has 1 aromatic carbocycles. The fraction of sp³-hybridized carbons (Fsp3) is 0.0909. The van der Waals surface area contributed by atoms with Crippen molar-refractivity contribution in [3.63, 3.8) is 0 Å². The summed E-state index contributed by atoms with van der Waals surface area (Å²) in [6.07, 6.45) is 2.43. The molecule has 114 valence electrons. The molecular weight excluding hydrogens is 335 g/mol. The highest BCUT2D eigenvalue weighted by Crippen LogP contribution is 2.19. The molecule has 1 N–H and O–H groups in total. The van der Waals surface area contributed by atoms with Crippen LogP contribution in [0.4, 0.5) is 5.95 Å². The van der Waals surface area contributed by atoms with Crippen LogP contribution in [0, 0.1) is 10.1 Å². The maximum absolute atomic E-state index is 11.6. The van der Waals surface area contributed by atoms with Gasteiger partial charge in [0.2, 0.25) is 6.33 Å². The van der Waals surface area contributed by atoms with Crippen LogP contribution in [0.5, 0.6) is 0 Å². The fourth-order valence-corrected chi connectivity index (χ4v) is 1.86. The molecule has 1 heterocycles. The van der Waals surface area contributed by atoms with Gasteiger partial charge < -0.3 is 10.1 Å². The Hall–Kier alpha value is -2.52. The first-order valence-corrected chi connectivity index (χ1v) is 6.52. The SMILES string of the molecule is O=C(Cn1cnc([N+](=O)[O-])n1)NN=Cc1ccc(Cl)cc1Cl. The number of carbonyl (C=O) groups is 1. The van der Waals surface area contributed by atoms with Crippen LogP contribution in [0.1, 0.15) is 5.56 Å². The predicted octanol–water partition coefficient (Wildman–Crippen LogP) is 1.64. The van der Waals surface area contributed by atoms with Crippen molar-refractivity contribution in [1.82, 2.24) is 20.2 Å². The van der Waals surface area contributed by atoms with Crippen LogP contribution in [0.15, 0.2) is 29.6 Å². The number of halogens is 2. The van der Waals surface area contributed by atoms with Crippen LogP contribution in [-0.4, -0.2) is 31.8 Å². The number of hydrazone groups is 1. The Balaban J connectivity index is 1.91. The Morgan fingerprint density at radius 3 is 2.91 bits per heavy atom. The molecule has 0 aliphatic rings. The van der Waals surface area contributed by atoms with Crippen molar-refractivity contribution < 1.29 is 9.72 Å². The molecule has 9 nitrogen and oxygen atoms in total. The number of hydrogen-bond acceptors (Lipinski definition) is 6. The van der Waals surface area contributed by atoms with Gasteiger partial charge in [-0.2, -0.15) is 9.78 Å². The minimum atomic E-state index is -0.755. The van der Waals surface area contributed by atoms with Crippen molar-refractivity contribution in [2.24, 2.45) is 5.10 Å². The quantitative estimate of drug-likeness (QED) is 0.503. The Kier molecular flexibility index (Phi) is 5.02. The summed E-state index contributed by atoms with van der Waals surface area (Å²) in [5.41, 5.74) is 2.81. The lowest BCUT2D eigenvalue weighted by molar-refractivity contribution is -0.394. The van der Waals surface area contributed by atoms with Crippen LogP contribution in [-0.2, 0) is 11.3 Å². The van der Waals surface area contributed by atoms with Gasteiger partial charge in [0.25, 0.3) is 5.91 Å². The molecule has 0 radical (unpaired) electrons. The lowest BCUT2D eigenvalue weighted by Crippen LogP contribution is -2.23. The van der Waals surface area contributed by atoms with E-state index >= 15 is 0 Å². The van der Waals surface area contributed by atoms with E-state index < -0.39 is 16.8 Å². The molecule has 0 fully saturated rings. The standard InChI is InChI=1S/C11H8Cl2N6O3/c12-8-2-1-7(9(13)3-8)4-15-16-10(20)5-18-6-14-11(17-18)19(21)22/h1-4,6H,5H2,(H,16,20). The first kappa shape index (κ1) is 15.9. The molecule has 0 aliphatic carbocycles. The molecule has 1 amide bonds. The molecular formula is C11H8Cl2N6O3. The molecule has 11 heteroatoms. The smallest absolute Gasteiger partial charge is 0.390 e. The second-order valence-corrected chi connectivity index (χ2v) is 4.80. The second-order valence-electron chi connectivity index (χ2n) is 3.96. The molecule has 1 aromatic heterocycles. The van der Waals surface area contributed by atoms with Crippen molar-refractivity contribution in [1.29, 1.82) is 0 Å². The summed E-state index contributed by atoms with van der Waals surface area (Å²) in [6, 6.07) is 4.81. The van der Waals surface area contributed by atoms with E-state index in [1.165, 1.54) is 6.21 Å². The molecule has 22 heavy (non-hydrogen) atoms. The molecule has 0 saturated carbocycles. The topological polar surface area (TPSA) is 115 Å². The lowest BCUT2D eigenvalue weighted by atomic mass is 10.2. The van der Waals surface area contributed by atoms with E-state index in [0.29, 0.717) is 15.6 Å². The predicted molar refractivity (Wildman–Crippen MR) is 78.9 cm³/mol. The van der Waals surface area contributed by atoms with Crippen molar-refractivity contribution in [3.8, 4) is 0 Å². The van der Waals surface area contributed by atoms with Gasteiger partial charge in [-0.1, -0.05) is 34.3 Å². The Morgan fingerprint density at radius 2 is 2.27 bits per heavy atom. The zero-order valence-corrected chi connectivity index (χ0v) is 12.3.